The lowest BCUT2D eigenvalue weighted by Crippen LogP contribution is -2.40. The van der Waals surface area contributed by atoms with Crippen molar-refractivity contribution in [3.8, 4) is 0 Å². The highest BCUT2D eigenvalue weighted by Crippen LogP contribution is 2.34. The van der Waals surface area contributed by atoms with Crippen LogP contribution in [0.1, 0.15) is 27.7 Å². The molecule has 1 aliphatic rings. The van der Waals surface area contributed by atoms with Crippen LogP contribution in [-0.4, -0.2) is 17.9 Å². The fourth-order valence-electron chi connectivity index (χ4n) is 2.51. The standard InChI is InChI=1S/C16H13F3N2O/c1-21-14(10-6-8-11(9-7-10)16(17,18)19)20-13-5-3-2-4-12(13)15(21)22/h2-9,14,20H,1H3. The number of carbonyl (C=O) groups excluding carboxylic acids is 1. The molecule has 0 saturated heterocycles. The minimum Gasteiger partial charge on any atom is -0.361 e. The summed E-state index contributed by atoms with van der Waals surface area (Å²) in [4.78, 5) is 13.8. The maximum atomic E-state index is 12.6. The Labute approximate surface area is 125 Å². The first kappa shape index (κ1) is 14.4. The van der Waals surface area contributed by atoms with Crippen molar-refractivity contribution in [1.29, 1.82) is 0 Å². The van der Waals surface area contributed by atoms with Gasteiger partial charge in [-0.15, -0.1) is 0 Å². The van der Waals surface area contributed by atoms with Gasteiger partial charge in [0.2, 0.25) is 0 Å². The van der Waals surface area contributed by atoms with E-state index < -0.39 is 17.9 Å². The number of para-hydroxylation sites is 1. The van der Waals surface area contributed by atoms with Crippen LogP contribution in [0, 0.1) is 0 Å². The minimum atomic E-state index is -4.37. The molecule has 0 aromatic heterocycles. The van der Waals surface area contributed by atoms with E-state index in [1.165, 1.54) is 17.0 Å². The second-order valence-electron chi connectivity index (χ2n) is 5.13. The van der Waals surface area contributed by atoms with E-state index in [1.54, 1.807) is 31.3 Å². The van der Waals surface area contributed by atoms with Crippen molar-refractivity contribution in [3.05, 3.63) is 65.2 Å². The van der Waals surface area contributed by atoms with Gasteiger partial charge in [-0.05, 0) is 29.8 Å². The summed E-state index contributed by atoms with van der Waals surface area (Å²) < 4.78 is 37.9. The Morgan fingerprint density at radius 3 is 2.32 bits per heavy atom. The van der Waals surface area contributed by atoms with Crippen molar-refractivity contribution in [2.24, 2.45) is 0 Å². The van der Waals surface area contributed by atoms with E-state index >= 15 is 0 Å². The van der Waals surface area contributed by atoms with E-state index in [-0.39, 0.29) is 5.91 Å². The van der Waals surface area contributed by atoms with Crippen molar-refractivity contribution >= 4 is 11.6 Å². The summed E-state index contributed by atoms with van der Waals surface area (Å²) in [7, 11) is 1.62. The number of hydrogen-bond acceptors (Lipinski definition) is 2. The molecule has 2 aromatic rings. The number of halogens is 3. The molecule has 114 valence electrons. The molecule has 0 fully saturated rings. The van der Waals surface area contributed by atoms with E-state index in [0.29, 0.717) is 16.8 Å². The zero-order chi connectivity index (χ0) is 15.9. The Hall–Kier alpha value is -2.50. The summed E-state index contributed by atoms with van der Waals surface area (Å²) in [6.07, 6.45) is -4.86. The zero-order valence-electron chi connectivity index (χ0n) is 11.7. The van der Waals surface area contributed by atoms with Crippen LogP contribution < -0.4 is 5.32 Å². The van der Waals surface area contributed by atoms with Crippen molar-refractivity contribution < 1.29 is 18.0 Å². The van der Waals surface area contributed by atoms with Gasteiger partial charge in [0, 0.05) is 12.7 Å². The maximum Gasteiger partial charge on any atom is 0.416 e. The van der Waals surface area contributed by atoms with Crippen molar-refractivity contribution in [3.63, 3.8) is 0 Å². The van der Waals surface area contributed by atoms with Crippen molar-refractivity contribution in [2.75, 3.05) is 12.4 Å². The third kappa shape index (κ3) is 2.41. The smallest absolute Gasteiger partial charge is 0.361 e. The van der Waals surface area contributed by atoms with Crippen LogP contribution in [0.15, 0.2) is 48.5 Å². The fraction of sp³-hybridized carbons (Fsp3) is 0.188. The Morgan fingerprint density at radius 2 is 1.68 bits per heavy atom. The normalized spacial score (nSPS) is 17.9. The van der Waals surface area contributed by atoms with Gasteiger partial charge in [-0.3, -0.25) is 4.79 Å². The molecule has 1 atom stereocenters. The summed E-state index contributed by atoms with van der Waals surface area (Å²) in [5, 5.41) is 3.18. The number of nitrogens with one attached hydrogen (secondary N) is 1. The summed E-state index contributed by atoms with van der Waals surface area (Å²) in [6, 6.07) is 11.9. The molecule has 0 spiro atoms. The number of alkyl halides is 3. The highest BCUT2D eigenvalue weighted by molar-refractivity contribution is 6.01. The third-order valence-electron chi connectivity index (χ3n) is 3.71. The lowest BCUT2D eigenvalue weighted by molar-refractivity contribution is -0.137. The van der Waals surface area contributed by atoms with Gasteiger partial charge in [0.25, 0.3) is 5.91 Å². The fourth-order valence-corrected chi connectivity index (χ4v) is 2.51. The molecule has 3 rings (SSSR count). The van der Waals surface area contributed by atoms with E-state index in [2.05, 4.69) is 5.32 Å². The maximum absolute atomic E-state index is 12.6. The highest BCUT2D eigenvalue weighted by atomic mass is 19.4. The number of anilines is 1. The Morgan fingerprint density at radius 1 is 1.05 bits per heavy atom. The molecule has 1 aliphatic heterocycles. The van der Waals surface area contributed by atoms with Gasteiger partial charge in [-0.1, -0.05) is 24.3 Å². The molecule has 0 radical (unpaired) electrons. The molecule has 3 nitrogen and oxygen atoms in total. The average Bonchev–Trinajstić information content (AvgIpc) is 2.50. The second kappa shape index (κ2) is 5.05. The number of nitrogens with zero attached hydrogens (tertiary/aromatic N) is 1. The van der Waals surface area contributed by atoms with Gasteiger partial charge in [0.15, 0.2) is 0 Å². The van der Waals surface area contributed by atoms with Gasteiger partial charge in [-0.25, -0.2) is 0 Å². The summed E-state index contributed by atoms with van der Waals surface area (Å²) in [5.74, 6) is -0.167. The van der Waals surface area contributed by atoms with Gasteiger partial charge in [0.05, 0.1) is 11.1 Å². The molecule has 22 heavy (non-hydrogen) atoms. The molecule has 0 aliphatic carbocycles. The van der Waals surface area contributed by atoms with Crippen LogP contribution >= 0.6 is 0 Å². The van der Waals surface area contributed by atoms with E-state index in [4.69, 9.17) is 0 Å². The van der Waals surface area contributed by atoms with Crippen LogP contribution in [0.5, 0.6) is 0 Å². The summed E-state index contributed by atoms with van der Waals surface area (Å²) in [6.45, 7) is 0. The lowest BCUT2D eigenvalue weighted by atomic mass is 10.0. The Bertz CT molecular complexity index is 710. The molecule has 1 amide bonds. The van der Waals surface area contributed by atoms with E-state index in [9.17, 15) is 18.0 Å². The Kier molecular flexibility index (Phi) is 3.31. The largest absolute Gasteiger partial charge is 0.416 e. The van der Waals surface area contributed by atoms with Crippen LogP contribution in [0.3, 0.4) is 0 Å². The number of rotatable bonds is 1. The molecular weight excluding hydrogens is 293 g/mol. The predicted molar refractivity (Wildman–Crippen MR) is 76.3 cm³/mol. The van der Waals surface area contributed by atoms with Crippen molar-refractivity contribution in [1.82, 2.24) is 4.90 Å². The topological polar surface area (TPSA) is 32.3 Å². The van der Waals surface area contributed by atoms with Crippen LogP contribution in [-0.2, 0) is 6.18 Å². The summed E-state index contributed by atoms with van der Waals surface area (Å²) in [5.41, 5.74) is 1.11. The Balaban J connectivity index is 1.94. The second-order valence-corrected chi connectivity index (χ2v) is 5.13. The van der Waals surface area contributed by atoms with Gasteiger partial charge in [-0.2, -0.15) is 13.2 Å². The SMILES string of the molecule is CN1C(=O)c2ccccc2NC1c1ccc(C(F)(F)F)cc1. The first-order chi connectivity index (χ1) is 10.4. The number of carbonyl (C=O) groups is 1. The number of amides is 1. The minimum absolute atomic E-state index is 0.167. The number of fused-ring (bicyclic) bond motifs is 1. The van der Waals surface area contributed by atoms with Crippen LogP contribution in [0.4, 0.5) is 18.9 Å². The summed E-state index contributed by atoms with van der Waals surface area (Å²) >= 11 is 0. The molecule has 0 saturated carbocycles. The first-order valence-corrected chi connectivity index (χ1v) is 6.68. The lowest BCUT2D eigenvalue weighted by Gasteiger charge is -2.35. The average molecular weight is 306 g/mol. The molecule has 1 heterocycles. The molecular formula is C16H13F3N2O. The monoisotopic (exact) mass is 306 g/mol. The molecule has 2 aromatic carbocycles. The molecule has 1 unspecified atom stereocenters. The molecule has 6 heteroatoms. The van der Waals surface area contributed by atoms with Gasteiger partial charge >= 0.3 is 6.18 Å². The van der Waals surface area contributed by atoms with E-state index in [1.807, 2.05) is 0 Å². The van der Waals surface area contributed by atoms with Crippen molar-refractivity contribution in [2.45, 2.75) is 12.3 Å². The van der Waals surface area contributed by atoms with Gasteiger partial charge in [0.1, 0.15) is 6.17 Å². The zero-order valence-corrected chi connectivity index (χ0v) is 11.7. The third-order valence-corrected chi connectivity index (χ3v) is 3.71. The number of benzene rings is 2. The van der Waals surface area contributed by atoms with E-state index in [0.717, 1.165) is 12.1 Å². The molecule has 0 bridgehead atoms. The van der Waals surface area contributed by atoms with Crippen LogP contribution in [0.2, 0.25) is 0 Å². The van der Waals surface area contributed by atoms with Crippen LogP contribution in [0.25, 0.3) is 0 Å². The first-order valence-electron chi connectivity index (χ1n) is 6.68. The van der Waals surface area contributed by atoms with Gasteiger partial charge < -0.3 is 10.2 Å². The number of hydrogen-bond donors (Lipinski definition) is 1. The quantitative estimate of drug-likeness (QED) is 0.866. The predicted octanol–water partition coefficient (Wildman–Crippen LogP) is 3.90. The molecule has 1 N–H and O–H groups in total. The highest BCUT2D eigenvalue weighted by Gasteiger charge is 2.32.